The molecule has 1 fully saturated rings. The molecule has 1 aliphatic rings. The molecule has 0 heterocycles. The number of aryl methyl sites for hydroxylation is 1. The molecule has 2 heteroatoms. The Morgan fingerprint density at radius 3 is 2.40 bits per heavy atom. The average Bonchev–Trinajstić information content (AvgIpc) is 3.28. The van der Waals surface area contributed by atoms with E-state index >= 15 is 0 Å². The highest BCUT2D eigenvalue weighted by atomic mass is 16.5. The molecule has 0 aromatic heterocycles. The van der Waals surface area contributed by atoms with Crippen molar-refractivity contribution in [3.63, 3.8) is 0 Å². The predicted molar refractivity (Wildman–Crippen MR) is 79.1 cm³/mol. The second-order valence-electron chi connectivity index (χ2n) is 5.43. The van der Waals surface area contributed by atoms with Crippen molar-refractivity contribution in [3.8, 4) is 0 Å². The Morgan fingerprint density at radius 2 is 1.75 bits per heavy atom. The van der Waals surface area contributed by atoms with Crippen LogP contribution in [-0.4, -0.2) is 13.1 Å². The van der Waals surface area contributed by atoms with Gasteiger partial charge in [-0.15, -0.1) is 0 Å². The van der Waals surface area contributed by atoms with Crippen LogP contribution >= 0.6 is 0 Å². The minimum atomic E-state index is -0.260. The summed E-state index contributed by atoms with van der Waals surface area (Å²) in [5.74, 6) is 0.951. The van der Waals surface area contributed by atoms with E-state index < -0.39 is 0 Å². The molecule has 2 aromatic rings. The van der Waals surface area contributed by atoms with Crippen molar-refractivity contribution < 1.29 is 9.53 Å². The Labute approximate surface area is 119 Å². The molecule has 1 aliphatic carbocycles. The van der Waals surface area contributed by atoms with E-state index in [1.807, 2.05) is 13.0 Å². The monoisotopic (exact) mass is 266 g/mol. The van der Waals surface area contributed by atoms with Crippen molar-refractivity contribution in [2.75, 3.05) is 7.11 Å². The van der Waals surface area contributed by atoms with Gasteiger partial charge in [-0.2, -0.15) is 0 Å². The zero-order valence-corrected chi connectivity index (χ0v) is 11.8. The van der Waals surface area contributed by atoms with Crippen molar-refractivity contribution in [2.24, 2.45) is 0 Å². The van der Waals surface area contributed by atoms with Crippen LogP contribution in [0.25, 0.3) is 0 Å². The topological polar surface area (TPSA) is 26.3 Å². The third kappa shape index (κ3) is 2.34. The summed E-state index contributed by atoms with van der Waals surface area (Å²) in [5, 5.41) is 0. The van der Waals surface area contributed by atoms with E-state index in [2.05, 4.69) is 42.5 Å². The fourth-order valence-electron chi connectivity index (χ4n) is 2.89. The Kier molecular flexibility index (Phi) is 3.31. The van der Waals surface area contributed by atoms with E-state index in [-0.39, 0.29) is 5.97 Å². The fraction of sp³-hybridized carbons (Fsp3) is 0.278. The van der Waals surface area contributed by atoms with Crippen LogP contribution < -0.4 is 0 Å². The second kappa shape index (κ2) is 5.12. The van der Waals surface area contributed by atoms with Gasteiger partial charge < -0.3 is 4.74 Å². The number of hydrogen-bond donors (Lipinski definition) is 0. The van der Waals surface area contributed by atoms with Crippen LogP contribution in [0.2, 0.25) is 0 Å². The van der Waals surface area contributed by atoms with E-state index in [0.29, 0.717) is 17.4 Å². The molecule has 3 rings (SSSR count). The Bertz CT molecular complexity index is 631. The number of carbonyl (C=O) groups is 1. The van der Waals surface area contributed by atoms with Gasteiger partial charge in [-0.3, -0.25) is 0 Å². The lowest BCUT2D eigenvalue weighted by Crippen LogP contribution is -2.04. The third-order valence-electron chi connectivity index (χ3n) is 4.10. The Morgan fingerprint density at radius 1 is 1.05 bits per heavy atom. The molecule has 2 atom stereocenters. The van der Waals surface area contributed by atoms with E-state index in [4.69, 9.17) is 4.74 Å². The molecule has 0 bridgehead atoms. The maximum absolute atomic E-state index is 11.6. The summed E-state index contributed by atoms with van der Waals surface area (Å²) in [6, 6.07) is 16.7. The number of hydrogen-bond acceptors (Lipinski definition) is 2. The number of esters is 1. The van der Waals surface area contributed by atoms with Gasteiger partial charge in [-0.1, -0.05) is 42.5 Å². The van der Waals surface area contributed by atoms with Crippen molar-refractivity contribution in [1.29, 1.82) is 0 Å². The van der Waals surface area contributed by atoms with Gasteiger partial charge in [0.25, 0.3) is 0 Å². The summed E-state index contributed by atoms with van der Waals surface area (Å²) in [4.78, 5) is 11.6. The zero-order chi connectivity index (χ0) is 14.1. The summed E-state index contributed by atoms with van der Waals surface area (Å²) in [5.41, 5.74) is 4.39. The standard InChI is InChI=1S/C18H18O2/c1-12-10-14(8-9-15(12)18(19)20-2)17-11-16(17)13-6-4-3-5-7-13/h3-10,16-17H,11H2,1-2H3/t16-,17-/m0/s1. The lowest BCUT2D eigenvalue weighted by molar-refractivity contribution is 0.0600. The van der Waals surface area contributed by atoms with Crippen LogP contribution in [0, 0.1) is 6.92 Å². The molecule has 0 radical (unpaired) electrons. The largest absolute Gasteiger partial charge is 0.465 e. The first kappa shape index (κ1) is 12.9. The Balaban J connectivity index is 1.80. The van der Waals surface area contributed by atoms with Crippen LogP contribution in [0.4, 0.5) is 0 Å². The van der Waals surface area contributed by atoms with Crippen LogP contribution in [0.15, 0.2) is 48.5 Å². The molecule has 102 valence electrons. The molecule has 2 aromatic carbocycles. The van der Waals surface area contributed by atoms with Gasteiger partial charge in [0.15, 0.2) is 0 Å². The summed E-state index contributed by atoms with van der Waals surface area (Å²) in [6.45, 7) is 1.97. The Hall–Kier alpha value is -2.09. The maximum atomic E-state index is 11.6. The van der Waals surface area contributed by atoms with Crippen molar-refractivity contribution in [1.82, 2.24) is 0 Å². The summed E-state index contributed by atoms with van der Waals surface area (Å²) in [7, 11) is 1.42. The molecule has 0 spiro atoms. The highest BCUT2D eigenvalue weighted by Gasteiger charge is 2.39. The molecule has 0 amide bonds. The summed E-state index contributed by atoms with van der Waals surface area (Å²) in [6.07, 6.45) is 1.20. The number of benzene rings is 2. The first-order valence-corrected chi connectivity index (χ1v) is 6.94. The van der Waals surface area contributed by atoms with Gasteiger partial charge in [0.05, 0.1) is 12.7 Å². The van der Waals surface area contributed by atoms with Gasteiger partial charge in [-0.25, -0.2) is 4.79 Å². The van der Waals surface area contributed by atoms with Crippen molar-refractivity contribution >= 4 is 5.97 Å². The minimum Gasteiger partial charge on any atom is -0.465 e. The smallest absolute Gasteiger partial charge is 0.338 e. The molecule has 0 N–H and O–H groups in total. The molecule has 0 saturated heterocycles. The van der Waals surface area contributed by atoms with Crippen molar-refractivity contribution in [3.05, 3.63) is 70.8 Å². The average molecular weight is 266 g/mol. The molecule has 2 nitrogen and oxygen atoms in total. The zero-order valence-electron chi connectivity index (χ0n) is 11.8. The molecular formula is C18H18O2. The van der Waals surface area contributed by atoms with E-state index in [0.717, 1.165) is 5.56 Å². The number of rotatable bonds is 3. The van der Waals surface area contributed by atoms with Gasteiger partial charge in [0.2, 0.25) is 0 Å². The fourth-order valence-corrected chi connectivity index (χ4v) is 2.89. The predicted octanol–water partition coefficient (Wildman–Crippen LogP) is 4.05. The van der Waals surface area contributed by atoms with Gasteiger partial charge in [0, 0.05) is 0 Å². The summed E-state index contributed by atoms with van der Waals surface area (Å²) < 4.78 is 4.78. The number of methoxy groups -OCH3 is 1. The van der Waals surface area contributed by atoms with Crippen LogP contribution in [0.3, 0.4) is 0 Å². The van der Waals surface area contributed by atoms with Crippen LogP contribution in [0.1, 0.15) is 45.3 Å². The normalized spacial score (nSPS) is 20.5. The molecule has 20 heavy (non-hydrogen) atoms. The second-order valence-corrected chi connectivity index (χ2v) is 5.43. The molecular weight excluding hydrogens is 248 g/mol. The lowest BCUT2D eigenvalue weighted by atomic mass is 10.00. The highest BCUT2D eigenvalue weighted by molar-refractivity contribution is 5.91. The number of ether oxygens (including phenoxy) is 1. The van der Waals surface area contributed by atoms with E-state index in [1.54, 1.807) is 0 Å². The lowest BCUT2D eigenvalue weighted by Gasteiger charge is -2.07. The van der Waals surface area contributed by atoms with Gasteiger partial charge >= 0.3 is 5.97 Å². The van der Waals surface area contributed by atoms with Gasteiger partial charge in [0.1, 0.15) is 0 Å². The van der Waals surface area contributed by atoms with E-state index in [1.165, 1.54) is 24.7 Å². The van der Waals surface area contributed by atoms with Gasteiger partial charge in [-0.05, 0) is 47.9 Å². The number of carbonyl (C=O) groups excluding carboxylic acids is 1. The maximum Gasteiger partial charge on any atom is 0.338 e. The molecule has 0 aliphatic heterocycles. The van der Waals surface area contributed by atoms with E-state index in [9.17, 15) is 4.79 Å². The molecule has 0 unspecified atom stereocenters. The first-order chi connectivity index (χ1) is 9.70. The first-order valence-electron chi connectivity index (χ1n) is 6.94. The molecule has 1 saturated carbocycles. The third-order valence-corrected chi connectivity index (χ3v) is 4.10. The van der Waals surface area contributed by atoms with Crippen molar-refractivity contribution in [2.45, 2.75) is 25.2 Å². The SMILES string of the molecule is COC(=O)c1ccc([C@@H]2C[C@H]2c2ccccc2)cc1C. The quantitative estimate of drug-likeness (QED) is 0.783. The minimum absolute atomic E-state index is 0.260. The summed E-state index contributed by atoms with van der Waals surface area (Å²) >= 11 is 0. The highest BCUT2D eigenvalue weighted by Crippen LogP contribution is 2.54. The van der Waals surface area contributed by atoms with Crippen LogP contribution in [-0.2, 0) is 4.74 Å². The van der Waals surface area contributed by atoms with Crippen LogP contribution in [0.5, 0.6) is 0 Å².